The van der Waals surface area contributed by atoms with Gasteiger partial charge >= 0.3 is 0 Å². The molecule has 1 amide bonds. The van der Waals surface area contributed by atoms with Gasteiger partial charge < -0.3 is 9.64 Å². The molecule has 0 bridgehead atoms. The van der Waals surface area contributed by atoms with Gasteiger partial charge in [0, 0.05) is 41.5 Å². The Bertz CT molecular complexity index is 646. The molecule has 2 aromatic rings. The lowest BCUT2D eigenvalue weighted by Crippen LogP contribution is -2.36. The molecule has 4 nitrogen and oxygen atoms in total. The molecule has 0 radical (unpaired) electrons. The molecule has 3 rings (SSSR count). The number of aromatic nitrogens is 1. The van der Waals surface area contributed by atoms with Gasteiger partial charge in [0.25, 0.3) is 5.91 Å². The van der Waals surface area contributed by atoms with E-state index in [9.17, 15) is 4.79 Å². The highest BCUT2D eigenvalue weighted by Gasteiger charge is 2.23. The van der Waals surface area contributed by atoms with Crippen LogP contribution in [0.2, 0.25) is 5.02 Å². The molecule has 1 atom stereocenters. The number of nitrogens with zero attached hydrogens (tertiary/aromatic N) is 2. The second-order valence-electron chi connectivity index (χ2n) is 5.72. The second kappa shape index (κ2) is 7.57. The van der Waals surface area contributed by atoms with Crippen LogP contribution in [0.4, 0.5) is 0 Å². The average Bonchev–Trinajstić information content (AvgIpc) is 2.81. The van der Waals surface area contributed by atoms with Gasteiger partial charge in [-0.2, -0.15) is 0 Å². The van der Waals surface area contributed by atoms with Crippen molar-refractivity contribution in [2.45, 2.75) is 6.42 Å². The number of amides is 1. The van der Waals surface area contributed by atoms with Crippen LogP contribution in [0.25, 0.3) is 0 Å². The van der Waals surface area contributed by atoms with Crippen molar-refractivity contribution in [3.05, 3.63) is 64.9 Å². The predicted octanol–water partition coefficient (Wildman–Crippen LogP) is 3.07. The van der Waals surface area contributed by atoms with Crippen molar-refractivity contribution in [1.29, 1.82) is 0 Å². The van der Waals surface area contributed by atoms with Crippen LogP contribution in [0.1, 0.15) is 16.1 Å². The number of pyridine rings is 1. The highest BCUT2D eigenvalue weighted by Crippen LogP contribution is 2.16. The van der Waals surface area contributed by atoms with Crippen molar-refractivity contribution < 1.29 is 9.53 Å². The van der Waals surface area contributed by atoms with Crippen molar-refractivity contribution in [1.82, 2.24) is 9.88 Å². The Morgan fingerprint density at radius 3 is 2.83 bits per heavy atom. The van der Waals surface area contributed by atoms with Crippen molar-refractivity contribution in [2.24, 2.45) is 5.92 Å². The largest absolute Gasteiger partial charge is 0.379 e. The lowest BCUT2D eigenvalue weighted by molar-refractivity contribution is 0.0737. The molecular formula is C18H19ClN2O2. The number of ether oxygens (including phenoxy) is 1. The summed E-state index contributed by atoms with van der Waals surface area (Å²) in [4.78, 5) is 18.9. The molecule has 0 spiro atoms. The fraction of sp³-hybridized carbons (Fsp3) is 0.333. The molecule has 23 heavy (non-hydrogen) atoms. The maximum Gasteiger partial charge on any atom is 0.253 e. The van der Waals surface area contributed by atoms with Gasteiger partial charge in [0.2, 0.25) is 0 Å². The number of carbonyl (C=O) groups is 1. The smallest absolute Gasteiger partial charge is 0.253 e. The number of halogens is 1. The van der Waals surface area contributed by atoms with E-state index in [2.05, 4.69) is 4.98 Å². The molecule has 1 fully saturated rings. The van der Waals surface area contributed by atoms with E-state index in [0.29, 0.717) is 36.9 Å². The van der Waals surface area contributed by atoms with Crippen LogP contribution in [-0.2, 0) is 11.2 Å². The first-order chi connectivity index (χ1) is 11.2. The van der Waals surface area contributed by atoms with Crippen LogP contribution < -0.4 is 0 Å². The summed E-state index contributed by atoms with van der Waals surface area (Å²) in [6.45, 7) is 2.51. The summed E-state index contributed by atoms with van der Waals surface area (Å²) >= 11 is 5.89. The van der Waals surface area contributed by atoms with E-state index in [-0.39, 0.29) is 11.8 Å². The normalized spacial score (nSPS) is 18.5. The number of benzene rings is 1. The Morgan fingerprint density at radius 2 is 2.09 bits per heavy atom. The SMILES string of the molecule is O=C(c1ccc(Cl)cc1)N1CCOC[C@@H](Cc2ccccn2)C1. The maximum absolute atomic E-state index is 12.7. The van der Waals surface area contributed by atoms with E-state index in [0.717, 1.165) is 12.1 Å². The number of hydrogen-bond donors (Lipinski definition) is 0. The number of rotatable bonds is 3. The van der Waals surface area contributed by atoms with Crippen LogP contribution in [0.3, 0.4) is 0 Å². The van der Waals surface area contributed by atoms with Crippen molar-refractivity contribution in [3.63, 3.8) is 0 Å². The van der Waals surface area contributed by atoms with Crippen LogP contribution in [0.5, 0.6) is 0 Å². The Morgan fingerprint density at radius 1 is 1.26 bits per heavy atom. The molecule has 5 heteroatoms. The van der Waals surface area contributed by atoms with E-state index in [1.54, 1.807) is 30.5 Å². The molecule has 2 heterocycles. The average molecular weight is 331 g/mol. The quantitative estimate of drug-likeness (QED) is 0.868. The molecule has 0 unspecified atom stereocenters. The summed E-state index contributed by atoms with van der Waals surface area (Å²) in [7, 11) is 0. The third-order valence-electron chi connectivity index (χ3n) is 3.94. The van der Waals surface area contributed by atoms with Crippen LogP contribution in [0, 0.1) is 5.92 Å². The third-order valence-corrected chi connectivity index (χ3v) is 4.19. The zero-order valence-corrected chi connectivity index (χ0v) is 13.6. The minimum Gasteiger partial charge on any atom is -0.379 e. The number of carbonyl (C=O) groups excluding carboxylic acids is 1. The van der Waals surface area contributed by atoms with Gasteiger partial charge in [-0.25, -0.2) is 0 Å². The molecule has 1 aliphatic rings. The van der Waals surface area contributed by atoms with Gasteiger partial charge in [-0.1, -0.05) is 17.7 Å². The summed E-state index contributed by atoms with van der Waals surface area (Å²) in [5.74, 6) is 0.279. The summed E-state index contributed by atoms with van der Waals surface area (Å²) < 4.78 is 5.67. The minimum absolute atomic E-state index is 0.0261. The Kier molecular flexibility index (Phi) is 5.26. The van der Waals surface area contributed by atoms with Crippen LogP contribution in [-0.4, -0.2) is 42.1 Å². The Balaban J connectivity index is 1.69. The molecule has 120 valence electrons. The predicted molar refractivity (Wildman–Crippen MR) is 89.6 cm³/mol. The molecule has 1 aromatic heterocycles. The van der Waals surface area contributed by atoms with Gasteiger partial charge in [0.05, 0.1) is 13.2 Å². The maximum atomic E-state index is 12.7. The molecule has 1 aromatic carbocycles. The fourth-order valence-electron chi connectivity index (χ4n) is 2.78. The topological polar surface area (TPSA) is 42.4 Å². The van der Waals surface area contributed by atoms with Gasteiger partial charge in [-0.05, 0) is 42.8 Å². The molecule has 1 saturated heterocycles. The lowest BCUT2D eigenvalue weighted by Gasteiger charge is -2.23. The first-order valence-corrected chi connectivity index (χ1v) is 8.12. The number of hydrogen-bond acceptors (Lipinski definition) is 3. The Hall–Kier alpha value is -1.91. The second-order valence-corrected chi connectivity index (χ2v) is 6.16. The summed E-state index contributed by atoms with van der Waals surface area (Å²) in [6, 6.07) is 12.9. The highest BCUT2D eigenvalue weighted by molar-refractivity contribution is 6.30. The van der Waals surface area contributed by atoms with Crippen molar-refractivity contribution >= 4 is 17.5 Å². The highest BCUT2D eigenvalue weighted by atomic mass is 35.5. The Labute approximate surface area is 141 Å². The monoisotopic (exact) mass is 330 g/mol. The zero-order chi connectivity index (χ0) is 16.1. The van der Waals surface area contributed by atoms with Gasteiger partial charge in [-0.3, -0.25) is 9.78 Å². The summed E-state index contributed by atoms with van der Waals surface area (Å²) in [5, 5.41) is 0.633. The zero-order valence-electron chi connectivity index (χ0n) is 12.8. The molecule has 1 aliphatic heterocycles. The van der Waals surface area contributed by atoms with Crippen molar-refractivity contribution in [2.75, 3.05) is 26.3 Å². The van der Waals surface area contributed by atoms with E-state index in [1.165, 1.54) is 0 Å². The van der Waals surface area contributed by atoms with Gasteiger partial charge in [0.1, 0.15) is 0 Å². The standard InChI is InChI=1S/C18H19ClN2O2/c19-16-6-4-15(5-7-16)18(22)21-9-10-23-13-14(12-21)11-17-3-1-2-8-20-17/h1-8,14H,9-13H2/t14-/m0/s1. The van der Waals surface area contributed by atoms with E-state index in [1.807, 2.05) is 23.1 Å². The minimum atomic E-state index is 0.0261. The summed E-state index contributed by atoms with van der Waals surface area (Å²) in [6.07, 6.45) is 2.61. The van der Waals surface area contributed by atoms with Crippen LogP contribution >= 0.6 is 11.6 Å². The molecule has 0 saturated carbocycles. The van der Waals surface area contributed by atoms with E-state index in [4.69, 9.17) is 16.3 Å². The first-order valence-electron chi connectivity index (χ1n) is 7.75. The van der Waals surface area contributed by atoms with Gasteiger partial charge in [0.15, 0.2) is 0 Å². The van der Waals surface area contributed by atoms with E-state index >= 15 is 0 Å². The molecular weight excluding hydrogens is 312 g/mol. The van der Waals surface area contributed by atoms with Gasteiger partial charge in [-0.15, -0.1) is 0 Å². The van der Waals surface area contributed by atoms with E-state index < -0.39 is 0 Å². The van der Waals surface area contributed by atoms with Crippen LogP contribution in [0.15, 0.2) is 48.7 Å². The fourth-order valence-corrected chi connectivity index (χ4v) is 2.90. The third kappa shape index (κ3) is 4.30. The summed E-state index contributed by atoms with van der Waals surface area (Å²) in [5.41, 5.74) is 1.69. The first kappa shape index (κ1) is 16.0. The molecule has 0 aliphatic carbocycles. The lowest BCUT2D eigenvalue weighted by atomic mass is 10.0. The molecule has 0 N–H and O–H groups in total. The van der Waals surface area contributed by atoms with Crippen molar-refractivity contribution in [3.8, 4) is 0 Å².